The molecule has 0 radical (unpaired) electrons. The zero-order valence-electron chi connectivity index (χ0n) is 21.2. The fraction of sp³-hybridized carbons (Fsp3) is 0.593. The van der Waals surface area contributed by atoms with Crippen molar-refractivity contribution in [2.24, 2.45) is 29.6 Å². The van der Waals surface area contributed by atoms with Gasteiger partial charge in [-0.1, -0.05) is 57.5 Å². The summed E-state index contributed by atoms with van der Waals surface area (Å²) in [7, 11) is 1.59. The average Bonchev–Trinajstić information content (AvgIpc) is 3.08. The molecule has 1 saturated heterocycles. The monoisotopic (exact) mass is 469 g/mol. The molecule has 0 aromatic heterocycles. The SMILES string of the molecule is CCC[C@@H]1C=C[C@H]2[C@@H](C(=O)N([C@@H](CO)C(C)C)[C@@H]2C(=O)Nc2c(C)cccc2C)[C@@H]1C(=O)NC. The summed E-state index contributed by atoms with van der Waals surface area (Å²) >= 11 is 0. The second-order valence-electron chi connectivity index (χ2n) is 10.0. The minimum absolute atomic E-state index is 0.0570. The van der Waals surface area contributed by atoms with Gasteiger partial charge in [0, 0.05) is 18.7 Å². The van der Waals surface area contributed by atoms with Crippen molar-refractivity contribution >= 4 is 23.4 Å². The smallest absolute Gasteiger partial charge is 0.247 e. The van der Waals surface area contributed by atoms with Crippen LogP contribution in [-0.2, 0) is 14.4 Å². The molecule has 3 N–H and O–H groups in total. The maximum Gasteiger partial charge on any atom is 0.247 e. The number of aliphatic hydroxyl groups excluding tert-OH is 1. The summed E-state index contributed by atoms with van der Waals surface area (Å²) in [6.07, 6.45) is 5.66. The number of amides is 3. The number of nitrogens with zero attached hydrogens (tertiary/aromatic N) is 1. The molecule has 7 nitrogen and oxygen atoms in total. The van der Waals surface area contributed by atoms with Gasteiger partial charge in [0.1, 0.15) is 6.04 Å². The lowest BCUT2D eigenvalue weighted by atomic mass is 9.68. The summed E-state index contributed by atoms with van der Waals surface area (Å²) in [6, 6.07) is 4.49. The Bertz CT molecular complexity index is 937. The minimum Gasteiger partial charge on any atom is -0.394 e. The van der Waals surface area contributed by atoms with Gasteiger partial charge in [0.25, 0.3) is 0 Å². The summed E-state index contributed by atoms with van der Waals surface area (Å²) < 4.78 is 0. The normalized spacial score (nSPS) is 27.0. The number of carbonyl (C=O) groups excluding carboxylic acids is 3. The van der Waals surface area contributed by atoms with E-state index in [9.17, 15) is 19.5 Å². The van der Waals surface area contributed by atoms with Crippen LogP contribution in [0.3, 0.4) is 0 Å². The third-order valence-electron chi connectivity index (χ3n) is 7.53. The number of carbonyl (C=O) groups is 3. The first-order chi connectivity index (χ1) is 16.2. The van der Waals surface area contributed by atoms with E-state index in [0.717, 1.165) is 29.7 Å². The number of anilines is 1. The lowest BCUT2D eigenvalue weighted by molar-refractivity contribution is -0.143. The first-order valence-electron chi connectivity index (χ1n) is 12.4. The Kier molecular flexibility index (Phi) is 8.18. The number of benzene rings is 1. The van der Waals surface area contributed by atoms with Gasteiger partial charge in [0.15, 0.2) is 0 Å². The van der Waals surface area contributed by atoms with Gasteiger partial charge in [-0.3, -0.25) is 14.4 Å². The Balaban J connectivity index is 2.09. The molecule has 7 heteroatoms. The Morgan fingerprint density at radius 1 is 1.12 bits per heavy atom. The van der Waals surface area contributed by atoms with Gasteiger partial charge < -0.3 is 20.6 Å². The second kappa shape index (κ2) is 10.7. The zero-order valence-corrected chi connectivity index (χ0v) is 21.2. The van der Waals surface area contributed by atoms with Crippen LogP contribution in [-0.4, -0.2) is 53.5 Å². The van der Waals surface area contributed by atoms with Crippen LogP contribution < -0.4 is 10.6 Å². The van der Waals surface area contributed by atoms with E-state index in [0.29, 0.717) is 0 Å². The standard InChI is InChI=1S/C27H39N3O4/c1-7-9-18-12-13-19-22(21(18)25(32)28-6)27(34)30(20(14-31)15(2)3)24(19)26(33)29-23-16(4)10-8-11-17(23)5/h8,10-13,15,18-22,24,31H,7,9,14H2,1-6H3,(H,28,32)(H,29,33)/t18-,19+,20+,21-,22-,24+/m1/s1. The lowest BCUT2D eigenvalue weighted by Gasteiger charge is -2.35. The number of allylic oxidation sites excluding steroid dienone is 1. The number of para-hydroxylation sites is 1. The van der Waals surface area contributed by atoms with Gasteiger partial charge in [-0.25, -0.2) is 0 Å². The van der Waals surface area contributed by atoms with Crippen LogP contribution in [0.25, 0.3) is 0 Å². The highest BCUT2D eigenvalue weighted by Crippen LogP contribution is 2.46. The summed E-state index contributed by atoms with van der Waals surface area (Å²) in [6.45, 7) is 9.55. The highest BCUT2D eigenvalue weighted by atomic mass is 16.3. The van der Waals surface area contributed by atoms with Gasteiger partial charge in [-0.2, -0.15) is 0 Å². The summed E-state index contributed by atoms with van der Waals surface area (Å²) in [5.74, 6) is -2.43. The lowest BCUT2D eigenvalue weighted by Crippen LogP contribution is -2.52. The molecule has 3 amide bonds. The summed E-state index contributed by atoms with van der Waals surface area (Å²) in [5.41, 5.74) is 2.61. The van der Waals surface area contributed by atoms with Crippen LogP contribution in [0, 0.1) is 43.4 Å². The van der Waals surface area contributed by atoms with Gasteiger partial charge in [0.2, 0.25) is 17.7 Å². The van der Waals surface area contributed by atoms with E-state index in [2.05, 4.69) is 17.6 Å². The fourth-order valence-electron chi connectivity index (χ4n) is 5.76. The molecule has 186 valence electrons. The molecule has 0 spiro atoms. The molecule has 2 aliphatic rings. The Labute approximate surface area is 203 Å². The topological polar surface area (TPSA) is 98.7 Å². The molecule has 1 aliphatic heterocycles. The van der Waals surface area contributed by atoms with Crippen LogP contribution in [0.2, 0.25) is 0 Å². The first kappa shape index (κ1) is 25.9. The molecule has 0 saturated carbocycles. The number of hydrogen-bond acceptors (Lipinski definition) is 4. The number of aliphatic hydroxyl groups is 1. The van der Waals surface area contributed by atoms with Crippen molar-refractivity contribution in [3.63, 3.8) is 0 Å². The van der Waals surface area contributed by atoms with Crippen molar-refractivity contribution in [1.82, 2.24) is 10.2 Å². The maximum absolute atomic E-state index is 13.9. The number of nitrogens with one attached hydrogen (secondary N) is 2. The molecule has 1 heterocycles. The van der Waals surface area contributed by atoms with Crippen molar-refractivity contribution in [2.75, 3.05) is 19.0 Å². The van der Waals surface area contributed by atoms with Crippen LogP contribution in [0.15, 0.2) is 30.4 Å². The summed E-state index contributed by atoms with van der Waals surface area (Å²) in [4.78, 5) is 42.3. The Hall–Kier alpha value is -2.67. The molecule has 1 aliphatic carbocycles. The first-order valence-corrected chi connectivity index (χ1v) is 12.4. The molecule has 3 rings (SSSR count). The van der Waals surface area contributed by atoms with Crippen LogP contribution in [0.5, 0.6) is 0 Å². The third kappa shape index (κ3) is 4.63. The second-order valence-corrected chi connectivity index (χ2v) is 10.0. The van der Waals surface area contributed by atoms with Gasteiger partial charge in [-0.15, -0.1) is 0 Å². The highest BCUT2D eigenvalue weighted by Gasteiger charge is 2.58. The van der Waals surface area contributed by atoms with Crippen molar-refractivity contribution < 1.29 is 19.5 Å². The van der Waals surface area contributed by atoms with Gasteiger partial charge >= 0.3 is 0 Å². The number of fused-ring (bicyclic) bond motifs is 1. The molecule has 6 atom stereocenters. The quantitative estimate of drug-likeness (QED) is 0.510. The van der Waals surface area contributed by atoms with Crippen LogP contribution in [0.1, 0.15) is 44.7 Å². The van der Waals surface area contributed by atoms with E-state index in [4.69, 9.17) is 0 Å². The van der Waals surface area contributed by atoms with Crippen LogP contribution in [0.4, 0.5) is 5.69 Å². The largest absolute Gasteiger partial charge is 0.394 e. The number of rotatable bonds is 8. The van der Waals surface area contributed by atoms with Crippen LogP contribution >= 0.6 is 0 Å². The van der Waals surface area contributed by atoms with E-state index in [1.54, 1.807) is 11.9 Å². The van der Waals surface area contributed by atoms with E-state index in [1.165, 1.54) is 0 Å². The Morgan fingerprint density at radius 3 is 2.29 bits per heavy atom. The molecule has 1 fully saturated rings. The fourth-order valence-corrected chi connectivity index (χ4v) is 5.76. The molecule has 34 heavy (non-hydrogen) atoms. The van der Waals surface area contributed by atoms with Crippen molar-refractivity contribution in [3.05, 3.63) is 41.5 Å². The maximum atomic E-state index is 13.9. The van der Waals surface area contributed by atoms with Crippen molar-refractivity contribution in [1.29, 1.82) is 0 Å². The number of aryl methyl sites for hydroxylation is 2. The third-order valence-corrected chi connectivity index (χ3v) is 7.53. The van der Waals surface area contributed by atoms with Gasteiger partial charge in [-0.05, 0) is 43.2 Å². The molecular weight excluding hydrogens is 430 g/mol. The molecular formula is C27H39N3O4. The van der Waals surface area contributed by atoms with E-state index in [1.807, 2.05) is 58.0 Å². The molecule has 1 aromatic carbocycles. The average molecular weight is 470 g/mol. The highest BCUT2D eigenvalue weighted by molar-refractivity contribution is 6.02. The van der Waals surface area contributed by atoms with Crippen molar-refractivity contribution in [3.8, 4) is 0 Å². The number of likely N-dealkylation sites (tertiary alicyclic amines) is 1. The predicted octanol–water partition coefficient (Wildman–Crippen LogP) is 3.05. The molecule has 1 aromatic rings. The zero-order chi connectivity index (χ0) is 25.2. The molecule has 0 bridgehead atoms. The predicted molar refractivity (Wildman–Crippen MR) is 133 cm³/mol. The van der Waals surface area contributed by atoms with E-state index >= 15 is 0 Å². The van der Waals surface area contributed by atoms with E-state index in [-0.39, 0.29) is 36.2 Å². The number of hydrogen-bond donors (Lipinski definition) is 3. The summed E-state index contributed by atoms with van der Waals surface area (Å²) in [5, 5.41) is 16.0. The van der Waals surface area contributed by atoms with Gasteiger partial charge in [0.05, 0.1) is 24.5 Å². The van der Waals surface area contributed by atoms with E-state index < -0.39 is 29.8 Å². The minimum atomic E-state index is -0.804. The Morgan fingerprint density at radius 2 is 1.76 bits per heavy atom. The van der Waals surface area contributed by atoms with Crippen molar-refractivity contribution in [2.45, 2.75) is 59.5 Å². The molecule has 0 unspecified atom stereocenters.